The molecular weight excluding hydrogens is 390 g/mol. The molecule has 1 aliphatic rings. The summed E-state index contributed by atoms with van der Waals surface area (Å²) in [6.45, 7) is 3.58. The van der Waals surface area contributed by atoms with Crippen LogP contribution in [-0.2, 0) is 11.3 Å². The van der Waals surface area contributed by atoms with Gasteiger partial charge in [-0.15, -0.1) is 10.2 Å². The molecule has 1 aromatic heterocycles. The monoisotopic (exact) mass is 411 g/mol. The van der Waals surface area contributed by atoms with Gasteiger partial charge in [-0.25, -0.2) is 0 Å². The Morgan fingerprint density at radius 3 is 2.76 bits per heavy atom. The summed E-state index contributed by atoms with van der Waals surface area (Å²) in [6.07, 6.45) is 0. The molecule has 0 radical (unpaired) electrons. The van der Waals surface area contributed by atoms with Crippen molar-refractivity contribution in [1.82, 2.24) is 15.1 Å². The van der Waals surface area contributed by atoms with Gasteiger partial charge in [0.15, 0.2) is 11.5 Å². The molecule has 0 unspecified atom stereocenters. The minimum absolute atomic E-state index is 0.0276. The Bertz CT molecular complexity index is 1020. The van der Waals surface area contributed by atoms with Gasteiger partial charge >= 0.3 is 0 Å². The number of nitrogens with zero attached hydrogens (tertiary/aromatic N) is 3. The molecule has 0 bridgehead atoms. The zero-order valence-electron chi connectivity index (χ0n) is 16.3. The van der Waals surface area contributed by atoms with E-state index in [2.05, 4.69) is 10.2 Å². The predicted octanol–water partition coefficient (Wildman–Crippen LogP) is 3.57. The number of amides is 1. The van der Waals surface area contributed by atoms with Crippen LogP contribution in [0.5, 0.6) is 11.5 Å². The third-order valence-electron chi connectivity index (χ3n) is 4.44. The number of hydrogen-bond donors (Lipinski definition) is 0. The number of fused-ring (bicyclic) bond motifs is 1. The smallest absolute Gasteiger partial charge is 0.277 e. The second-order valence-corrected chi connectivity index (χ2v) is 7.69. The van der Waals surface area contributed by atoms with E-state index in [0.29, 0.717) is 30.9 Å². The highest BCUT2D eigenvalue weighted by atomic mass is 32.2. The molecule has 0 spiro atoms. The summed E-state index contributed by atoms with van der Waals surface area (Å²) in [7, 11) is 1.77. The van der Waals surface area contributed by atoms with Crippen LogP contribution in [0, 0.1) is 6.92 Å². The van der Waals surface area contributed by atoms with Crippen LogP contribution in [0.3, 0.4) is 0 Å². The third kappa shape index (κ3) is 4.71. The fourth-order valence-corrected chi connectivity index (χ4v) is 3.65. The van der Waals surface area contributed by atoms with Crippen LogP contribution >= 0.6 is 11.8 Å². The second-order valence-electron chi connectivity index (χ2n) is 6.76. The van der Waals surface area contributed by atoms with Crippen molar-refractivity contribution in [3.8, 4) is 23.0 Å². The van der Waals surface area contributed by atoms with Crippen molar-refractivity contribution < 1.29 is 18.7 Å². The molecule has 29 heavy (non-hydrogen) atoms. The molecule has 0 fully saturated rings. The van der Waals surface area contributed by atoms with Crippen molar-refractivity contribution in [2.24, 2.45) is 0 Å². The zero-order valence-corrected chi connectivity index (χ0v) is 17.1. The van der Waals surface area contributed by atoms with Gasteiger partial charge in [-0.3, -0.25) is 4.79 Å². The summed E-state index contributed by atoms with van der Waals surface area (Å²) in [6, 6.07) is 13.6. The van der Waals surface area contributed by atoms with Gasteiger partial charge in [-0.2, -0.15) is 0 Å². The van der Waals surface area contributed by atoms with Crippen molar-refractivity contribution in [3.05, 3.63) is 53.6 Å². The lowest BCUT2D eigenvalue weighted by Crippen LogP contribution is -2.27. The largest absolute Gasteiger partial charge is 0.486 e. The summed E-state index contributed by atoms with van der Waals surface area (Å²) in [5.41, 5.74) is 2.96. The lowest BCUT2D eigenvalue weighted by atomic mass is 10.1. The maximum atomic E-state index is 12.5. The van der Waals surface area contributed by atoms with E-state index in [1.165, 1.54) is 11.8 Å². The van der Waals surface area contributed by atoms with Crippen LogP contribution in [0.1, 0.15) is 11.1 Å². The van der Waals surface area contributed by atoms with E-state index in [1.807, 2.05) is 49.4 Å². The molecule has 2 aromatic carbocycles. The summed E-state index contributed by atoms with van der Waals surface area (Å²) in [4.78, 5) is 14.2. The van der Waals surface area contributed by atoms with Crippen molar-refractivity contribution in [1.29, 1.82) is 0 Å². The summed E-state index contributed by atoms with van der Waals surface area (Å²) in [5, 5.41) is 8.48. The van der Waals surface area contributed by atoms with Gasteiger partial charge in [0.1, 0.15) is 13.2 Å². The van der Waals surface area contributed by atoms with Gasteiger partial charge in [0.05, 0.1) is 5.75 Å². The number of aryl methyl sites for hydroxylation is 1. The molecule has 0 atom stereocenters. The summed E-state index contributed by atoms with van der Waals surface area (Å²) in [5.74, 6) is 2.11. The van der Waals surface area contributed by atoms with Crippen LogP contribution in [-0.4, -0.2) is 47.0 Å². The van der Waals surface area contributed by atoms with Crippen molar-refractivity contribution >= 4 is 17.7 Å². The number of hydrogen-bond acceptors (Lipinski definition) is 7. The molecule has 7 nitrogen and oxygen atoms in total. The molecule has 0 aliphatic carbocycles. The van der Waals surface area contributed by atoms with Gasteiger partial charge < -0.3 is 18.8 Å². The Labute approximate surface area is 173 Å². The number of rotatable bonds is 6. The Hall–Kier alpha value is -3.00. The van der Waals surface area contributed by atoms with Gasteiger partial charge in [-0.05, 0) is 36.8 Å². The highest BCUT2D eigenvalue weighted by Crippen LogP contribution is 2.31. The Kier molecular flexibility index (Phi) is 5.71. The lowest BCUT2D eigenvalue weighted by Gasteiger charge is -2.21. The molecular formula is C21H21N3O4S. The molecule has 0 N–H and O–H groups in total. The van der Waals surface area contributed by atoms with Gasteiger partial charge in [0.25, 0.3) is 5.22 Å². The predicted molar refractivity (Wildman–Crippen MR) is 109 cm³/mol. The quantitative estimate of drug-likeness (QED) is 0.574. The summed E-state index contributed by atoms with van der Waals surface area (Å²) >= 11 is 1.23. The van der Waals surface area contributed by atoms with Crippen LogP contribution in [0.4, 0.5) is 0 Å². The first-order chi connectivity index (χ1) is 14.1. The fourth-order valence-electron chi connectivity index (χ4n) is 2.94. The Balaban J connectivity index is 1.32. The topological polar surface area (TPSA) is 77.7 Å². The number of aromatic nitrogens is 2. The fraction of sp³-hybridized carbons (Fsp3) is 0.286. The molecule has 8 heteroatoms. The molecule has 0 saturated carbocycles. The first-order valence-electron chi connectivity index (χ1n) is 9.24. The molecule has 4 rings (SSSR count). The van der Waals surface area contributed by atoms with E-state index < -0.39 is 0 Å². The number of carbonyl (C=O) groups is 1. The average Bonchev–Trinajstić information content (AvgIpc) is 3.21. The Morgan fingerprint density at radius 2 is 1.93 bits per heavy atom. The van der Waals surface area contributed by atoms with E-state index >= 15 is 0 Å². The Morgan fingerprint density at radius 1 is 1.10 bits per heavy atom. The zero-order chi connectivity index (χ0) is 20.2. The van der Waals surface area contributed by atoms with E-state index in [-0.39, 0.29) is 11.7 Å². The normalized spacial score (nSPS) is 12.6. The number of thioether (sulfide) groups is 1. The molecule has 150 valence electrons. The number of ether oxygens (including phenoxy) is 2. The second kappa shape index (κ2) is 8.57. The van der Waals surface area contributed by atoms with Crippen molar-refractivity contribution in [3.63, 3.8) is 0 Å². The molecule has 2 heterocycles. The standard InChI is InChI=1S/C21H21N3O4S/c1-14-4-3-5-16(10-14)20-22-23-21(28-20)29-13-19(25)24(2)12-15-6-7-17-18(11-15)27-9-8-26-17/h3-7,10-11H,8-9,12-13H2,1-2H3. The number of carbonyl (C=O) groups excluding carboxylic acids is 1. The lowest BCUT2D eigenvalue weighted by molar-refractivity contribution is -0.127. The maximum absolute atomic E-state index is 12.5. The first-order valence-corrected chi connectivity index (χ1v) is 10.2. The van der Waals surface area contributed by atoms with Crippen LogP contribution < -0.4 is 9.47 Å². The molecule has 3 aromatic rings. The molecule has 1 aliphatic heterocycles. The summed E-state index contributed by atoms with van der Waals surface area (Å²) < 4.78 is 16.8. The highest BCUT2D eigenvalue weighted by Gasteiger charge is 2.16. The van der Waals surface area contributed by atoms with Gasteiger partial charge in [-0.1, -0.05) is 35.5 Å². The molecule has 0 saturated heterocycles. The molecule has 1 amide bonds. The minimum Gasteiger partial charge on any atom is -0.486 e. The van der Waals surface area contributed by atoms with Crippen LogP contribution in [0.15, 0.2) is 52.1 Å². The van der Waals surface area contributed by atoms with Crippen molar-refractivity contribution in [2.45, 2.75) is 18.7 Å². The van der Waals surface area contributed by atoms with Gasteiger partial charge in [0, 0.05) is 19.2 Å². The van der Waals surface area contributed by atoms with Crippen LogP contribution in [0.2, 0.25) is 0 Å². The average molecular weight is 411 g/mol. The van der Waals surface area contributed by atoms with E-state index in [9.17, 15) is 4.79 Å². The maximum Gasteiger partial charge on any atom is 0.277 e. The van der Waals surface area contributed by atoms with Crippen molar-refractivity contribution in [2.75, 3.05) is 26.0 Å². The van der Waals surface area contributed by atoms with E-state index in [1.54, 1.807) is 11.9 Å². The SMILES string of the molecule is Cc1cccc(-c2nnc(SCC(=O)N(C)Cc3ccc4c(c3)OCCO4)o2)c1. The minimum atomic E-state index is -0.0276. The first kappa shape index (κ1) is 19.3. The number of benzene rings is 2. The highest BCUT2D eigenvalue weighted by molar-refractivity contribution is 7.99. The van der Waals surface area contributed by atoms with Gasteiger partial charge in [0.2, 0.25) is 11.8 Å². The van der Waals surface area contributed by atoms with Crippen LogP contribution in [0.25, 0.3) is 11.5 Å². The van der Waals surface area contributed by atoms with E-state index in [0.717, 1.165) is 28.2 Å². The van der Waals surface area contributed by atoms with E-state index in [4.69, 9.17) is 13.9 Å². The third-order valence-corrected chi connectivity index (χ3v) is 5.25.